The Morgan fingerprint density at radius 1 is 1.19 bits per heavy atom. The van der Waals surface area contributed by atoms with Crippen molar-refractivity contribution in [3.05, 3.63) is 42.5 Å². The molecule has 2 fully saturated rings. The van der Waals surface area contributed by atoms with Crippen molar-refractivity contribution in [2.24, 2.45) is 11.8 Å². The molecule has 2 heterocycles. The van der Waals surface area contributed by atoms with Crippen molar-refractivity contribution in [1.82, 2.24) is 9.80 Å². The second-order valence-electron chi connectivity index (χ2n) is 13.4. The van der Waals surface area contributed by atoms with Crippen molar-refractivity contribution in [2.45, 2.75) is 103 Å². The summed E-state index contributed by atoms with van der Waals surface area (Å²) in [7, 11) is -2.13. The summed E-state index contributed by atoms with van der Waals surface area (Å²) in [6.07, 6.45) is 6.49. The number of fused-ring (bicyclic) bond motifs is 1. The number of β-lactam (4-membered cyclic amide) rings is 1. The summed E-state index contributed by atoms with van der Waals surface area (Å²) in [6, 6.07) is 7.40. The summed E-state index contributed by atoms with van der Waals surface area (Å²) in [5, 5.41) is -0.0183. The first-order chi connectivity index (χ1) is 19.8. The number of para-hydroxylation sites is 1. The zero-order chi connectivity index (χ0) is 30.7. The fraction of sp³-hybridized carbons (Fsp3) is 0.656. The highest BCUT2D eigenvalue weighted by molar-refractivity contribution is 6.73. The molecule has 1 saturated carbocycles. The Morgan fingerprint density at radius 2 is 1.88 bits per heavy atom. The molecule has 10 heteroatoms. The molecule has 1 aliphatic carbocycles. The molecule has 0 N–H and O–H groups in total. The van der Waals surface area contributed by atoms with Crippen LogP contribution in [0.4, 0.5) is 0 Å². The zero-order valence-electron chi connectivity index (χ0n) is 26.1. The van der Waals surface area contributed by atoms with Crippen molar-refractivity contribution in [1.29, 1.82) is 0 Å². The van der Waals surface area contributed by atoms with E-state index >= 15 is 0 Å². The second-order valence-corrected chi connectivity index (χ2v) is 18.1. The van der Waals surface area contributed by atoms with Crippen LogP contribution in [0, 0.1) is 11.8 Å². The molecule has 1 aromatic carbocycles. The van der Waals surface area contributed by atoms with E-state index in [0.29, 0.717) is 13.0 Å². The van der Waals surface area contributed by atoms with Crippen LogP contribution in [0.1, 0.15) is 71.8 Å². The smallest absolute Gasteiger partial charge is 0.325 e. The minimum atomic E-state index is -2.13. The summed E-state index contributed by atoms with van der Waals surface area (Å²) in [6.45, 7) is 16.6. The fourth-order valence-electron chi connectivity index (χ4n) is 6.02. The van der Waals surface area contributed by atoms with E-state index in [4.69, 9.17) is 18.9 Å². The van der Waals surface area contributed by atoms with Crippen LogP contribution in [0.15, 0.2) is 36.9 Å². The number of benzene rings is 1. The standard InChI is InChI=1S/C32H48N2O7Si/c1-8-19-38-27(35)22-33-28(25(30(33)37)16-20-39-41-42(6,7)31(3,4)5)23(2)29(36)34-21-24-14-10-11-15-26(24)40-32(34)17-12-9-13-18-32/h8,10-11,14-15,23,25,28H,1,9,12-13,16-22H2,2-7H3/t23?,25-,28+/m0/s1. The Labute approximate surface area is 251 Å². The van der Waals surface area contributed by atoms with E-state index in [1.54, 1.807) is 0 Å². The first kappa shape index (κ1) is 32.2. The molecule has 232 valence electrons. The Hall–Kier alpha value is -2.69. The summed E-state index contributed by atoms with van der Waals surface area (Å²) in [5.74, 6) is -0.981. The maximum Gasteiger partial charge on any atom is 0.325 e. The Balaban J connectivity index is 1.53. The van der Waals surface area contributed by atoms with E-state index < -0.39 is 37.9 Å². The first-order valence-electron chi connectivity index (χ1n) is 15.3. The van der Waals surface area contributed by atoms with Crippen molar-refractivity contribution in [3.8, 4) is 5.75 Å². The van der Waals surface area contributed by atoms with Crippen LogP contribution in [0.3, 0.4) is 0 Å². The molecule has 0 bridgehead atoms. The van der Waals surface area contributed by atoms with Gasteiger partial charge in [-0.2, -0.15) is 0 Å². The predicted octanol–water partition coefficient (Wildman–Crippen LogP) is 5.60. The topological polar surface area (TPSA) is 94.6 Å². The van der Waals surface area contributed by atoms with E-state index in [2.05, 4.69) is 40.4 Å². The Morgan fingerprint density at radius 3 is 2.55 bits per heavy atom. The summed E-state index contributed by atoms with van der Waals surface area (Å²) < 4.78 is 17.7. The average Bonchev–Trinajstić information content (AvgIpc) is 2.95. The Kier molecular flexibility index (Phi) is 9.89. The van der Waals surface area contributed by atoms with Gasteiger partial charge in [0.2, 0.25) is 20.1 Å². The zero-order valence-corrected chi connectivity index (χ0v) is 27.1. The molecule has 1 spiro atoms. The summed E-state index contributed by atoms with van der Waals surface area (Å²) in [5.41, 5.74) is 0.270. The van der Waals surface area contributed by atoms with Crippen molar-refractivity contribution >= 4 is 26.1 Å². The highest BCUT2D eigenvalue weighted by atomic mass is 28.4. The molecule has 0 aromatic heterocycles. The highest BCUT2D eigenvalue weighted by Gasteiger charge is 2.55. The van der Waals surface area contributed by atoms with Gasteiger partial charge in [0.05, 0.1) is 31.0 Å². The monoisotopic (exact) mass is 600 g/mol. The van der Waals surface area contributed by atoms with Gasteiger partial charge in [-0.1, -0.05) is 65.0 Å². The number of ether oxygens (including phenoxy) is 2. The number of esters is 1. The average molecular weight is 601 g/mol. The number of carbonyl (C=O) groups is 3. The molecule has 3 atom stereocenters. The molecule has 2 amide bonds. The SMILES string of the molecule is C=CCOC(=O)CN1C(=O)[C@@H](CCOO[Si](C)(C)C(C)(C)C)[C@H]1C(C)C(=O)N1Cc2ccccc2OC12CCCCC2. The van der Waals surface area contributed by atoms with Crippen molar-refractivity contribution < 1.29 is 33.3 Å². The van der Waals surface area contributed by atoms with Gasteiger partial charge in [-0.05, 0) is 43.5 Å². The van der Waals surface area contributed by atoms with Crippen LogP contribution >= 0.6 is 0 Å². The number of hydrogen-bond acceptors (Lipinski definition) is 7. The number of amides is 2. The fourth-order valence-corrected chi connectivity index (χ4v) is 6.65. The van der Waals surface area contributed by atoms with Gasteiger partial charge in [-0.15, -0.1) is 0 Å². The summed E-state index contributed by atoms with van der Waals surface area (Å²) in [4.78, 5) is 49.3. The van der Waals surface area contributed by atoms with Crippen LogP contribution in [-0.2, 0) is 35.1 Å². The van der Waals surface area contributed by atoms with E-state index in [-0.39, 0.29) is 36.6 Å². The molecule has 4 rings (SSSR count). The molecule has 3 aliphatic rings. The number of likely N-dealkylation sites (tertiary alicyclic amines) is 1. The minimum Gasteiger partial charge on any atom is -0.468 e. The molecule has 42 heavy (non-hydrogen) atoms. The van der Waals surface area contributed by atoms with Crippen LogP contribution in [0.25, 0.3) is 0 Å². The number of hydrogen-bond donors (Lipinski definition) is 0. The number of carbonyl (C=O) groups excluding carboxylic acids is 3. The van der Waals surface area contributed by atoms with Crippen LogP contribution in [0.2, 0.25) is 18.1 Å². The molecule has 1 unspecified atom stereocenters. The van der Waals surface area contributed by atoms with Gasteiger partial charge in [-0.25, -0.2) is 4.89 Å². The molecule has 1 saturated heterocycles. The van der Waals surface area contributed by atoms with Gasteiger partial charge >= 0.3 is 5.97 Å². The van der Waals surface area contributed by atoms with E-state index in [9.17, 15) is 14.4 Å². The normalized spacial score (nSPS) is 22.6. The van der Waals surface area contributed by atoms with Crippen molar-refractivity contribution in [3.63, 3.8) is 0 Å². The molecule has 1 aromatic rings. The third kappa shape index (κ3) is 6.60. The van der Waals surface area contributed by atoms with Crippen LogP contribution in [0.5, 0.6) is 5.75 Å². The van der Waals surface area contributed by atoms with Gasteiger partial charge in [0.25, 0.3) is 0 Å². The molecule has 2 aliphatic heterocycles. The molecular formula is C32H48N2O7Si. The summed E-state index contributed by atoms with van der Waals surface area (Å²) >= 11 is 0. The van der Waals surface area contributed by atoms with Crippen LogP contribution in [-0.4, -0.2) is 67.4 Å². The third-order valence-electron chi connectivity index (χ3n) is 9.52. The quantitative estimate of drug-likeness (QED) is 0.0620. The van der Waals surface area contributed by atoms with Gasteiger partial charge in [0.15, 0.2) is 5.72 Å². The lowest BCUT2D eigenvalue weighted by atomic mass is 9.76. The largest absolute Gasteiger partial charge is 0.468 e. The lowest BCUT2D eigenvalue weighted by Crippen LogP contribution is -2.68. The van der Waals surface area contributed by atoms with Gasteiger partial charge in [0, 0.05) is 18.4 Å². The first-order valence-corrected chi connectivity index (χ1v) is 18.2. The predicted molar refractivity (Wildman–Crippen MR) is 162 cm³/mol. The lowest BCUT2D eigenvalue weighted by Gasteiger charge is -2.53. The van der Waals surface area contributed by atoms with Gasteiger partial charge in [0.1, 0.15) is 18.9 Å². The lowest BCUT2D eigenvalue weighted by molar-refractivity contribution is -0.227. The highest BCUT2D eigenvalue weighted by Crippen LogP contribution is 2.44. The van der Waals surface area contributed by atoms with E-state index in [1.807, 2.05) is 36.1 Å². The second kappa shape index (κ2) is 12.9. The minimum absolute atomic E-state index is 0.0183. The molecule has 0 radical (unpaired) electrons. The van der Waals surface area contributed by atoms with E-state index in [0.717, 1.165) is 43.4 Å². The number of nitrogens with zero attached hydrogens (tertiary/aromatic N) is 2. The van der Waals surface area contributed by atoms with Crippen molar-refractivity contribution in [2.75, 3.05) is 19.8 Å². The van der Waals surface area contributed by atoms with E-state index in [1.165, 1.54) is 11.0 Å². The van der Waals surface area contributed by atoms with Crippen LogP contribution < -0.4 is 4.74 Å². The number of rotatable bonds is 11. The third-order valence-corrected chi connectivity index (χ3v) is 13.7. The molecule has 9 nitrogen and oxygen atoms in total. The molecular weight excluding hydrogens is 552 g/mol. The Bertz CT molecular complexity index is 1160. The van der Waals surface area contributed by atoms with Gasteiger partial charge in [-0.3, -0.25) is 23.9 Å². The van der Waals surface area contributed by atoms with Gasteiger partial charge < -0.3 is 14.4 Å². The maximum atomic E-state index is 14.4. The maximum absolute atomic E-state index is 14.4.